The van der Waals surface area contributed by atoms with Crippen molar-refractivity contribution in [1.82, 2.24) is 15.5 Å². The first-order chi connectivity index (χ1) is 11.6. The van der Waals surface area contributed by atoms with Crippen LogP contribution in [0.15, 0.2) is 24.3 Å². The lowest BCUT2D eigenvalue weighted by atomic mass is 9.96. The number of carbonyl (C=O) groups is 2. The monoisotopic (exact) mass is 351 g/mol. The molecule has 0 aromatic heterocycles. The molecule has 5 nitrogen and oxygen atoms in total. The van der Waals surface area contributed by atoms with Gasteiger partial charge in [-0.25, -0.2) is 4.79 Å². The SMILES string of the molecule is CN(Cc1ccccc1Cl)C(=O)CCNC(=O)NC1CCCCC1. The molecule has 0 saturated heterocycles. The standard InChI is InChI=1S/C18H26ClN3O2/c1-22(13-14-7-5-6-10-16(14)19)17(23)11-12-20-18(24)21-15-8-3-2-4-9-15/h5-7,10,15H,2-4,8-9,11-13H2,1H3,(H2,20,21,24). The molecule has 0 unspecified atom stereocenters. The zero-order valence-electron chi connectivity index (χ0n) is 14.2. The fourth-order valence-corrected chi connectivity index (χ4v) is 3.12. The Labute approximate surface area is 148 Å². The van der Waals surface area contributed by atoms with Crippen LogP contribution in [-0.2, 0) is 11.3 Å². The number of benzene rings is 1. The number of nitrogens with one attached hydrogen (secondary N) is 2. The summed E-state index contributed by atoms with van der Waals surface area (Å²) >= 11 is 6.11. The van der Waals surface area contributed by atoms with E-state index in [0.29, 0.717) is 18.1 Å². The third-order valence-electron chi connectivity index (χ3n) is 4.36. The molecule has 2 rings (SSSR count). The Morgan fingerprint density at radius 1 is 1.21 bits per heavy atom. The van der Waals surface area contributed by atoms with Crippen LogP contribution < -0.4 is 10.6 Å². The van der Waals surface area contributed by atoms with Crippen LogP contribution in [0.2, 0.25) is 5.02 Å². The normalized spacial score (nSPS) is 14.9. The van der Waals surface area contributed by atoms with E-state index in [-0.39, 0.29) is 24.4 Å². The van der Waals surface area contributed by atoms with Gasteiger partial charge in [-0.3, -0.25) is 4.79 Å². The number of hydrogen-bond acceptors (Lipinski definition) is 2. The summed E-state index contributed by atoms with van der Waals surface area (Å²) < 4.78 is 0. The molecular formula is C18H26ClN3O2. The Morgan fingerprint density at radius 3 is 2.62 bits per heavy atom. The Hall–Kier alpha value is -1.75. The number of nitrogens with zero attached hydrogens (tertiary/aromatic N) is 1. The van der Waals surface area contributed by atoms with E-state index in [2.05, 4.69) is 10.6 Å². The van der Waals surface area contributed by atoms with E-state index in [1.54, 1.807) is 11.9 Å². The molecule has 0 bridgehead atoms. The lowest BCUT2D eigenvalue weighted by Gasteiger charge is -2.23. The Morgan fingerprint density at radius 2 is 1.92 bits per heavy atom. The van der Waals surface area contributed by atoms with Gasteiger partial charge in [0.2, 0.25) is 5.91 Å². The number of carbonyl (C=O) groups excluding carboxylic acids is 2. The van der Waals surface area contributed by atoms with E-state index in [1.165, 1.54) is 19.3 Å². The van der Waals surface area contributed by atoms with E-state index in [9.17, 15) is 9.59 Å². The van der Waals surface area contributed by atoms with Crippen molar-refractivity contribution in [1.29, 1.82) is 0 Å². The third-order valence-corrected chi connectivity index (χ3v) is 4.72. The lowest BCUT2D eigenvalue weighted by molar-refractivity contribution is -0.130. The Balaban J connectivity index is 1.66. The minimum atomic E-state index is -0.177. The van der Waals surface area contributed by atoms with Gasteiger partial charge in [0.05, 0.1) is 0 Å². The van der Waals surface area contributed by atoms with Gasteiger partial charge in [-0.2, -0.15) is 0 Å². The van der Waals surface area contributed by atoms with Gasteiger partial charge in [0.1, 0.15) is 0 Å². The largest absolute Gasteiger partial charge is 0.341 e. The lowest BCUT2D eigenvalue weighted by Crippen LogP contribution is -2.43. The molecule has 132 valence electrons. The van der Waals surface area contributed by atoms with E-state index in [1.807, 2.05) is 24.3 Å². The molecule has 24 heavy (non-hydrogen) atoms. The van der Waals surface area contributed by atoms with Crippen molar-refractivity contribution in [3.63, 3.8) is 0 Å². The van der Waals surface area contributed by atoms with Crippen molar-refractivity contribution in [3.05, 3.63) is 34.9 Å². The van der Waals surface area contributed by atoms with Crippen molar-refractivity contribution in [2.75, 3.05) is 13.6 Å². The van der Waals surface area contributed by atoms with Crippen LogP contribution in [-0.4, -0.2) is 36.5 Å². The summed E-state index contributed by atoms with van der Waals surface area (Å²) in [5.41, 5.74) is 0.915. The van der Waals surface area contributed by atoms with Crippen LogP contribution in [0.3, 0.4) is 0 Å². The highest BCUT2D eigenvalue weighted by atomic mass is 35.5. The van der Waals surface area contributed by atoms with Gasteiger partial charge >= 0.3 is 6.03 Å². The number of amides is 3. The van der Waals surface area contributed by atoms with Crippen LogP contribution in [0.25, 0.3) is 0 Å². The Bertz CT molecular complexity index is 559. The first-order valence-corrected chi connectivity index (χ1v) is 8.96. The van der Waals surface area contributed by atoms with E-state index >= 15 is 0 Å². The predicted octanol–water partition coefficient (Wildman–Crippen LogP) is 3.32. The molecule has 1 aliphatic carbocycles. The maximum Gasteiger partial charge on any atom is 0.315 e. The molecule has 3 amide bonds. The topological polar surface area (TPSA) is 61.4 Å². The van der Waals surface area contributed by atoms with Crippen LogP contribution in [0.4, 0.5) is 4.79 Å². The van der Waals surface area contributed by atoms with Crippen molar-refractivity contribution < 1.29 is 9.59 Å². The maximum absolute atomic E-state index is 12.1. The molecule has 1 fully saturated rings. The molecule has 0 atom stereocenters. The van der Waals surface area contributed by atoms with Crippen molar-refractivity contribution >= 4 is 23.5 Å². The smallest absolute Gasteiger partial charge is 0.315 e. The van der Waals surface area contributed by atoms with E-state index < -0.39 is 0 Å². The van der Waals surface area contributed by atoms with E-state index in [0.717, 1.165) is 18.4 Å². The predicted molar refractivity (Wildman–Crippen MR) is 96.0 cm³/mol. The fraction of sp³-hybridized carbons (Fsp3) is 0.556. The van der Waals surface area contributed by atoms with Crippen LogP contribution in [0, 0.1) is 0 Å². The van der Waals surface area contributed by atoms with Gasteiger partial charge in [0, 0.05) is 37.6 Å². The van der Waals surface area contributed by atoms with Gasteiger partial charge in [-0.1, -0.05) is 49.1 Å². The van der Waals surface area contributed by atoms with Gasteiger partial charge in [-0.05, 0) is 24.5 Å². The number of halogens is 1. The summed E-state index contributed by atoms with van der Waals surface area (Å²) in [4.78, 5) is 25.6. The van der Waals surface area contributed by atoms with Gasteiger partial charge in [0.25, 0.3) is 0 Å². The molecule has 1 saturated carbocycles. The van der Waals surface area contributed by atoms with Gasteiger partial charge < -0.3 is 15.5 Å². The van der Waals surface area contributed by atoms with Crippen molar-refractivity contribution in [2.45, 2.75) is 51.1 Å². The molecule has 2 N–H and O–H groups in total. The van der Waals surface area contributed by atoms with Crippen LogP contribution in [0.1, 0.15) is 44.1 Å². The number of rotatable bonds is 6. The summed E-state index contributed by atoms with van der Waals surface area (Å²) in [6.07, 6.45) is 5.98. The average Bonchev–Trinajstić information content (AvgIpc) is 2.57. The average molecular weight is 352 g/mol. The second kappa shape index (κ2) is 9.52. The summed E-state index contributed by atoms with van der Waals surface area (Å²) in [5.74, 6) is -0.0205. The van der Waals surface area contributed by atoms with Gasteiger partial charge in [-0.15, -0.1) is 0 Å². The van der Waals surface area contributed by atoms with Crippen molar-refractivity contribution in [2.24, 2.45) is 0 Å². The first kappa shape index (κ1) is 18.6. The molecule has 1 aliphatic rings. The van der Waals surface area contributed by atoms with E-state index in [4.69, 9.17) is 11.6 Å². The van der Waals surface area contributed by atoms with Crippen LogP contribution in [0.5, 0.6) is 0 Å². The highest BCUT2D eigenvalue weighted by molar-refractivity contribution is 6.31. The molecular weight excluding hydrogens is 326 g/mol. The van der Waals surface area contributed by atoms with Crippen molar-refractivity contribution in [3.8, 4) is 0 Å². The summed E-state index contributed by atoms with van der Waals surface area (Å²) in [5, 5.41) is 6.40. The summed E-state index contributed by atoms with van der Waals surface area (Å²) in [6.45, 7) is 0.803. The maximum atomic E-state index is 12.1. The minimum absolute atomic E-state index is 0.0205. The highest BCUT2D eigenvalue weighted by Crippen LogP contribution is 2.17. The molecule has 1 aromatic carbocycles. The fourth-order valence-electron chi connectivity index (χ4n) is 2.93. The minimum Gasteiger partial charge on any atom is -0.341 e. The van der Waals surface area contributed by atoms with Crippen LogP contribution >= 0.6 is 11.6 Å². The molecule has 0 radical (unpaired) electrons. The molecule has 6 heteroatoms. The highest BCUT2D eigenvalue weighted by Gasteiger charge is 2.16. The molecule has 0 spiro atoms. The number of hydrogen-bond donors (Lipinski definition) is 2. The Kier molecular flexibility index (Phi) is 7.37. The third kappa shape index (κ3) is 6.04. The summed E-state index contributed by atoms with van der Waals surface area (Å²) in [6, 6.07) is 7.58. The second-order valence-electron chi connectivity index (χ2n) is 6.33. The zero-order chi connectivity index (χ0) is 17.4. The first-order valence-electron chi connectivity index (χ1n) is 8.58. The summed E-state index contributed by atoms with van der Waals surface area (Å²) in [7, 11) is 1.74. The molecule has 0 heterocycles. The quantitative estimate of drug-likeness (QED) is 0.825. The number of urea groups is 1. The molecule has 1 aromatic rings. The van der Waals surface area contributed by atoms with Gasteiger partial charge in [0.15, 0.2) is 0 Å². The molecule has 0 aliphatic heterocycles. The zero-order valence-corrected chi connectivity index (χ0v) is 14.9. The second-order valence-corrected chi connectivity index (χ2v) is 6.73.